The molecule has 1 aromatic heterocycles. The van der Waals surface area contributed by atoms with Gasteiger partial charge >= 0.3 is 0 Å². The van der Waals surface area contributed by atoms with Gasteiger partial charge in [0.15, 0.2) is 17.5 Å². The van der Waals surface area contributed by atoms with E-state index < -0.39 is 0 Å². The van der Waals surface area contributed by atoms with Crippen molar-refractivity contribution < 1.29 is 0 Å². The van der Waals surface area contributed by atoms with Gasteiger partial charge in [0.2, 0.25) is 0 Å². The third-order valence-electron chi connectivity index (χ3n) is 9.47. The Labute approximate surface area is 261 Å². The summed E-state index contributed by atoms with van der Waals surface area (Å²) in [6.07, 6.45) is 0. The SMILES string of the molecule is CC1(C)c2ccccc2-c2cc3c(-c4nc(-c5ccc6ccccc6c5)nc(-c5ccc6ccccc6c5)n4)cccc3cc21. The zero-order chi connectivity index (χ0) is 30.1. The van der Waals surface area contributed by atoms with Crippen LogP contribution in [0.5, 0.6) is 0 Å². The fourth-order valence-electron chi connectivity index (χ4n) is 7.08. The molecule has 0 fully saturated rings. The number of hydrogen-bond donors (Lipinski definition) is 0. The van der Waals surface area contributed by atoms with E-state index in [2.05, 4.69) is 153 Å². The highest BCUT2D eigenvalue weighted by Crippen LogP contribution is 2.50. The quantitative estimate of drug-likeness (QED) is 0.210. The third kappa shape index (κ3) is 4.08. The maximum atomic E-state index is 5.16. The highest BCUT2D eigenvalue weighted by atomic mass is 15.0. The molecule has 0 unspecified atom stereocenters. The van der Waals surface area contributed by atoms with Crippen molar-refractivity contribution in [1.29, 1.82) is 0 Å². The maximum Gasteiger partial charge on any atom is 0.164 e. The van der Waals surface area contributed by atoms with Crippen molar-refractivity contribution in [2.24, 2.45) is 0 Å². The lowest BCUT2D eigenvalue weighted by Gasteiger charge is -2.22. The predicted octanol–water partition coefficient (Wildman–Crippen LogP) is 10.6. The normalized spacial score (nSPS) is 13.3. The van der Waals surface area contributed by atoms with Crippen molar-refractivity contribution in [3.05, 3.63) is 151 Å². The van der Waals surface area contributed by atoms with E-state index in [-0.39, 0.29) is 5.41 Å². The highest BCUT2D eigenvalue weighted by Gasteiger charge is 2.35. The topological polar surface area (TPSA) is 38.7 Å². The Balaban J connectivity index is 1.29. The molecule has 0 saturated heterocycles. The summed E-state index contributed by atoms with van der Waals surface area (Å²) in [4.78, 5) is 15.4. The minimum absolute atomic E-state index is 0.0597. The number of benzene rings is 7. The summed E-state index contributed by atoms with van der Waals surface area (Å²) in [7, 11) is 0. The van der Waals surface area contributed by atoms with Crippen LogP contribution in [0.4, 0.5) is 0 Å². The van der Waals surface area contributed by atoms with Gasteiger partial charge in [0, 0.05) is 22.1 Å². The number of aromatic nitrogens is 3. The summed E-state index contributed by atoms with van der Waals surface area (Å²) < 4.78 is 0. The maximum absolute atomic E-state index is 5.16. The van der Waals surface area contributed by atoms with Gasteiger partial charge in [-0.1, -0.05) is 129 Å². The molecule has 0 saturated carbocycles. The van der Waals surface area contributed by atoms with Crippen molar-refractivity contribution in [3.8, 4) is 45.3 Å². The first-order valence-electron chi connectivity index (χ1n) is 15.4. The molecule has 0 atom stereocenters. The Bertz CT molecular complexity index is 2380. The number of nitrogens with zero attached hydrogens (tertiary/aromatic N) is 3. The standard InChI is InChI=1S/C42H29N3/c1-42(2)37-17-8-7-15-33(37)36-25-35-30(24-38(36)42)14-9-16-34(35)41-44-39(31-20-18-26-10-3-5-12-28(26)22-31)43-40(45-41)32-21-19-27-11-4-6-13-29(27)23-32/h3-25H,1-2H3. The molecule has 0 aliphatic heterocycles. The lowest BCUT2D eigenvalue weighted by Crippen LogP contribution is -2.14. The van der Waals surface area contributed by atoms with Crippen LogP contribution in [-0.4, -0.2) is 15.0 Å². The Morgan fingerprint density at radius 2 is 0.911 bits per heavy atom. The molecule has 1 aliphatic carbocycles. The van der Waals surface area contributed by atoms with Crippen molar-refractivity contribution >= 4 is 32.3 Å². The molecule has 8 aromatic rings. The van der Waals surface area contributed by atoms with Gasteiger partial charge in [0.05, 0.1) is 0 Å². The first-order chi connectivity index (χ1) is 22.0. The highest BCUT2D eigenvalue weighted by molar-refractivity contribution is 6.01. The minimum atomic E-state index is -0.0597. The van der Waals surface area contributed by atoms with Crippen molar-refractivity contribution in [2.45, 2.75) is 19.3 Å². The first-order valence-corrected chi connectivity index (χ1v) is 15.4. The van der Waals surface area contributed by atoms with Crippen LogP contribution in [0.2, 0.25) is 0 Å². The molecule has 212 valence electrons. The summed E-state index contributed by atoms with van der Waals surface area (Å²) >= 11 is 0. The van der Waals surface area contributed by atoms with Gasteiger partial charge in [-0.25, -0.2) is 15.0 Å². The van der Waals surface area contributed by atoms with E-state index in [0.717, 1.165) is 32.8 Å². The van der Waals surface area contributed by atoms with E-state index in [0.29, 0.717) is 17.5 Å². The van der Waals surface area contributed by atoms with Crippen LogP contribution in [-0.2, 0) is 5.41 Å². The Kier molecular flexibility index (Phi) is 5.54. The first kappa shape index (κ1) is 25.8. The molecule has 0 spiro atoms. The van der Waals surface area contributed by atoms with Crippen LogP contribution < -0.4 is 0 Å². The Hall–Kier alpha value is -5.67. The summed E-state index contributed by atoms with van der Waals surface area (Å²) in [5.74, 6) is 2.00. The molecule has 1 heterocycles. The van der Waals surface area contributed by atoms with Crippen LogP contribution in [0, 0.1) is 0 Å². The molecule has 7 aromatic carbocycles. The summed E-state index contributed by atoms with van der Waals surface area (Å²) in [5.41, 5.74) is 8.20. The predicted molar refractivity (Wildman–Crippen MR) is 186 cm³/mol. The van der Waals surface area contributed by atoms with E-state index in [1.807, 2.05) is 0 Å². The van der Waals surface area contributed by atoms with Gasteiger partial charge in [-0.3, -0.25) is 0 Å². The minimum Gasteiger partial charge on any atom is -0.208 e. The second-order valence-corrected chi connectivity index (χ2v) is 12.5. The van der Waals surface area contributed by atoms with Gasteiger partial charge < -0.3 is 0 Å². The fraction of sp³-hybridized carbons (Fsp3) is 0.0714. The second kappa shape index (κ2) is 9.67. The van der Waals surface area contributed by atoms with Crippen LogP contribution >= 0.6 is 0 Å². The lowest BCUT2D eigenvalue weighted by atomic mass is 9.82. The van der Waals surface area contributed by atoms with Crippen molar-refractivity contribution in [2.75, 3.05) is 0 Å². The van der Waals surface area contributed by atoms with Gasteiger partial charge in [0.25, 0.3) is 0 Å². The lowest BCUT2D eigenvalue weighted by molar-refractivity contribution is 0.661. The van der Waals surface area contributed by atoms with Gasteiger partial charge in [-0.05, 0) is 78.8 Å². The van der Waals surface area contributed by atoms with E-state index in [1.165, 1.54) is 38.4 Å². The molecular weight excluding hydrogens is 546 g/mol. The van der Waals surface area contributed by atoms with Gasteiger partial charge in [0.1, 0.15) is 0 Å². The molecule has 0 amide bonds. The summed E-state index contributed by atoms with van der Waals surface area (Å²) in [6.45, 7) is 4.65. The molecule has 1 aliphatic rings. The largest absolute Gasteiger partial charge is 0.208 e. The van der Waals surface area contributed by atoms with E-state index in [4.69, 9.17) is 15.0 Å². The number of rotatable bonds is 3. The van der Waals surface area contributed by atoms with E-state index >= 15 is 0 Å². The van der Waals surface area contributed by atoms with Crippen LogP contribution in [0.3, 0.4) is 0 Å². The average molecular weight is 576 g/mol. The van der Waals surface area contributed by atoms with Crippen molar-refractivity contribution in [3.63, 3.8) is 0 Å². The smallest absolute Gasteiger partial charge is 0.164 e. The fourth-order valence-corrected chi connectivity index (χ4v) is 7.08. The van der Waals surface area contributed by atoms with Crippen LogP contribution in [0.25, 0.3) is 77.6 Å². The van der Waals surface area contributed by atoms with Crippen LogP contribution in [0.1, 0.15) is 25.0 Å². The molecule has 9 rings (SSSR count). The number of fused-ring (bicyclic) bond motifs is 6. The molecule has 0 bridgehead atoms. The van der Waals surface area contributed by atoms with E-state index in [9.17, 15) is 0 Å². The second-order valence-electron chi connectivity index (χ2n) is 12.5. The number of hydrogen-bond acceptors (Lipinski definition) is 3. The average Bonchev–Trinajstić information content (AvgIpc) is 3.31. The zero-order valence-electron chi connectivity index (χ0n) is 25.1. The monoisotopic (exact) mass is 575 g/mol. The Morgan fingerprint density at radius 3 is 1.58 bits per heavy atom. The zero-order valence-corrected chi connectivity index (χ0v) is 25.1. The third-order valence-corrected chi connectivity index (χ3v) is 9.47. The summed E-state index contributed by atoms with van der Waals surface area (Å²) in [6, 6.07) is 49.6. The molecule has 45 heavy (non-hydrogen) atoms. The molecule has 3 nitrogen and oxygen atoms in total. The molecule has 0 radical (unpaired) electrons. The van der Waals surface area contributed by atoms with Crippen molar-refractivity contribution in [1.82, 2.24) is 15.0 Å². The molecular formula is C42H29N3. The van der Waals surface area contributed by atoms with Gasteiger partial charge in [-0.2, -0.15) is 0 Å². The molecule has 0 N–H and O–H groups in total. The summed E-state index contributed by atoms with van der Waals surface area (Å²) in [5, 5.41) is 7.03. The van der Waals surface area contributed by atoms with E-state index in [1.54, 1.807) is 0 Å². The molecule has 3 heteroatoms. The van der Waals surface area contributed by atoms with Gasteiger partial charge in [-0.15, -0.1) is 0 Å². The van der Waals surface area contributed by atoms with Crippen LogP contribution in [0.15, 0.2) is 140 Å². The Morgan fingerprint density at radius 1 is 0.378 bits per heavy atom.